The van der Waals surface area contributed by atoms with Crippen LogP contribution in [0.15, 0.2) is 84.9 Å². The van der Waals surface area contributed by atoms with Gasteiger partial charge in [-0.1, -0.05) is 78.9 Å². The van der Waals surface area contributed by atoms with Crippen LogP contribution in [-0.4, -0.2) is 7.05 Å². The van der Waals surface area contributed by atoms with Crippen LogP contribution in [0.5, 0.6) is 0 Å². The quantitative estimate of drug-likeness (QED) is 0.566. The number of hydrogen-bond donors (Lipinski definition) is 2. The molecule has 0 saturated heterocycles. The molecule has 0 bridgehead atoms. The van der Waals surface area contributed by atoms with Crippen molar-refractivity contribution in [2.45, 2.75) is 5.54 Å². The van der Waals surface area contributed by atoms with Gasteiger partial charge >= 0.3 is 0 Å². The molecule has 110 valence electrons. The second-order valence-corrected chi connectivity index (χ2v) is 5.32. The summed E-state index contributed by atoms with van der Waals surface area (Å²) in [6, 6.07) is 28.9. The summed E-state index contributed by atoms with van der Waals surface area (Å²) < 4.78 is 0. The topological polar surface area (TPSA) is 38.0 Å². The van der Waals surface area contributed by atoms with Crippen LogP contribution in [0.3, 0.4) is 0 Å². The summed E-state index contributed by atoms with van der Waals surface area (Å²) in [6.45, 7) is 0. The number of benzene rings is 3. The first kappa shape index (κ1) is 14.4. The Morgan fingerprint density at radius 1 is 0.682 bits per heavy atom. The lowest BCUT2D eigenvalue weighted by Crippen LogP contribution is -2.42. The second kappa shape index (κ2) is 6.04. The summed E-state index contributed by atoms with van der Waals surface area (Å²) in [5.41, 5.74) is 10.0. The van der Waals surface area contributed by atoms with Crippen molar-refractivity contribution >= 4 is 5.69 Å². The van der Waals surface area contributed by atoms with Gasteiger partial charge in [-0.2, -0.15) is 0 Å². The summed E-state index contributed by atoms with van der Waals surface area (Å²) in [4.78, 5) is 0. The van der Waals surface area contributed by atoms with Crippen LogP contribution in [0.1, 0.15) is 16.7 Å². The van der Waals surface area contributed by atoms with E-state index < -0.39 is 5.54 Å². The molecule has 0 radical (unpaired) electrons. The maximum absolute atomic E-state index is 6.32. The molecular formula is C20H20N2. The molecule has 2 nitrogen and oxygen atoms in total. The predicted molar refractivity (Wildman–Crippen MR) is 92.7 cm³/mol. The van der Waals surface area contributed by atoms with E-state index in [1.54, 1.807) is 0 Å². The fourth-order valence-electron chi connectivity index (χ4n) is 3.12. The van der Waals surface area contributed by atoms with Crippen LogP contribution in [0.4, 0.5) is 5.69 Å². The third-order valence-corrected chi connectivity index (χ3v) is 4.15. The standard InChI is InChI=1S/C20H20N2/c1-22-20(16-10-4-2-5-11-16,17-12-6-3-7-13-17)18-14-8-9-15-19(18)21/h2-15,22H,21H2,1H3. The van der Waals surface area contributed by atoms with Gasteiger partial charge < -0.3 is 11.1 Å². The molecule has 0 atom stereocenters. The predicted octanol–water partition coefficient (Wildman–Crippen LogP) is 3.78. The fourth-order valence-corrected chi connectivity index (χ4v) is 3.12. The van der Waals surface area contributed by atoms with E-state index in [1.165, 1.54) is 11.1 Å². The van der Waals surface area contributed by atoms with Crippen LogP contribution in [0.25, 0.3) is 0 Å². The summed E-state index contributed by atoms with van der Waals surface area (Å²) in [5.74, 6) is 0. The van der Waals surface area contributed by atoms with E-state index in [0.29, 0.717) is 0 Å². The monoisotopic (exact) mass is 288 g/mol. The Bertz CT molecular complexity index is 696. The largest absolute Gasteiger partial charge is 0.398 e. The van der Waals surface area contributed by atoms with Crippen LogP contribution >= 0.6 is 0 Å². The molecule has 0 unspecified atom stereocenters. The summed E-state index contributed by atoms with van der Waals surface area (Å²) in [6.07, 6.45) is 0. The Balaban J connectivity index is 2.34. The van der Waals surface area contributed by atoms with Gasteiger partial charge in [-0.15, -0.1) is 0 Å². The van der Waals surface area contributed by atoms with Crippen molar-refractivity contribution in [2.24, 2.45) is 0 Å². The van der Waals surface area contributed by atoms with Gasteiger partial charge in [-0.05, 0) is 24.2 Å². The van der Waals surface area contributed by atoms with Crippen LogP contribution in [0, 0.1) is 0 Å². The fraction of sp³-hybridized carbons (Fsp3) is 0.100. The van der Waals surface area contributed by atoms with Crippen molar-refractivity contribution in [1.82, 2.24) is 5.32 Å². The number of nitrogens with two attached hydrogens (primary N) is 1. The van der Waals surface area contributed by atoms with Crippen molar-refractivity contribution < 1.29 is 0 Å². The first-order valence-corrected chi connectivity index (χ1v) is 7.44. The zero-order valence-corrected chi connectivity index (χ0v) is 12.7. The second-order valence-electron chi connectivity index (χ2n) is 5.32. The summed E-state index contributed by atoms with van der Waals surface area (Å²) >= 11 is 0. The lowest BCUT2D eigenvalue weighted by atomic mass is 9.76. The number of para-hydroxylation sites is 1. The molecule has 0 heterocycles. The first-order valence-electron chi connectivity index (χ1n) is 7.44. The normalized spacial score (nSPS) is 11.3. The van der Waals surface area contributed by atoms with Crippen LogP contribution in [0.2, 0.25) is 0 Å². The van der Waals surface area contributed by atoms with Gasteiger partial charge in [0.25, 0.3) is 0 Å². The first-order chi connectivity index (χ1) is 10.8. The smallest absolute Gasteiger partial charge is 0.0965 e. The van der Waals surface area contributed by atoms with Gasteiger partial charge in [-0.3, -0.25) is 0 Å². The van der Waals surface area contributed by atoms with Gasteiger partial charge in [0.2, 0.25) is 0 Å². The average Bonchev–Trinajstić information content (AvgIpc) is 2.59. The average molecular weight is 288 g/mol. The SMILES string of the molecule is CNC(c1ccccc1)(c1ccccc1)c1ccccc1N. The highest BCUT2D eigenvalue weighted by molar-refractivity contribution is 5.59. The molecular weight excluding hydrogens is 268 g/mol. The third kappa shape index (κ3) is 2.28. The number of hydrogen-bond acceptors (Lipinski definition) is 2. The maximum Gasteiger partial charge on any atom is 0.0965 e. The van der Waals surface area contributed by atoms with Gasteiger partial charge in [0.15, 0.2) is 0 Å². The minimum Gasteiger partial charge on any atom is -0.398 e. The molecule has 0 aliphatic carbocycles. The molecule has 0 amide bonds. The van der Waals surface area contributed by atoms with E-state index in [4.69, 9.17) is 5.73 Å². The van der Waals surface area contributed by atoms with Crippen molar-refractivity contribution in [1.29, 1.82) is 0 Å². The highest BCUT2D eigenvalue weighted by Gasteiger charge is 2.35. The van der Waals surface area contributed by atoms with E-state index in [2.05, 4.69) is 59.9 Å². The third-order valence-electron chi connectivity index (χ3n) is 4.15. The van der Waals surface area contributed by atoms with Crippen molar-refractivity contribution in [3.8, 4) is 0 Å². The van der Waals surface area contributed by atoms with Gasteiger partial charge in [0.1, 0.15) is 0 Å². The van der Waals surface area contributed by atoms with Crippen LogP contribution in [-0.2, 0) is 5.54 Å². The van der Waals surface area contributed by atoms with E-state index in [9.17, 15) is 0 Å². The Kier molecular flexibility index (Phi) is 3.94. The maximum atomic E-state index is 6.32. The Labute approximate surface area is 131 Å². The molecule has 3 rings (SSSR count). The molecule has 0 spiro atoms. The molecule has 0 saturated carbocycles. The number of nitrogen functional groups attached to an aromatic ring is 1. The van der Waals surface area contributed by atoms with E-state index >= 15 is 0 Å². The number of nitrogens with one attached hydrogen (secondary N) is 1. The lowest BCUT2D eigenvalue weighted by Gasteiger charge is -2.36. The Morgan fingerprint density at radius 2 is 1.14 bits per heavy atom. The Hall–Kier alpha value is -2.58. The minimum absolute atomic E-state index is 0.464. The molecule has 3 aromatic carbocycles. The molecule has 3 aromatic rings. The number of anilines is 1. The molecule has 0 aliphatic rings. The molecule has 3 N–H and O–H groups in total. The van der Waals surface area contributed by atoms with Gasteiger partial charge in [0, 0.05) is 11.3 Å². The van der Waals surface area contributed by atoms with Crippen molar-refractivity contribution in [3.05, 3.63) is 102 Å². The van der Waals surface area contributed by atoms with Crippen molar-refractivity contribution in [3.63, 3.8) is 0 Å². The van der Waals surface area contributed by atoms with Crippen molar-refractivity contribution in [2.75, 3.05) is 12.8 Å². The minimum atomic E-state index is -0.464. The highest BCUT2D eigenvalue weighted by atomic mass is 15.0. The summed E-state index contributed by atoms with van der Waals surface area (Å²) in [7, 11) is 1.98. The van der Waals surface area contributed by atoms with Gasteiger partial charge in [-0.25, -0.2) is 0 Å². The molecule has 0 aromatic heterocycles. The molecule has 0 aliphatic heterocycles. The highest BCUT2D eigenvalue weighted by Crippen LogP contribution is 2.38. The summed E-state index contributed by atoms with van der Waals surface area (Å²) in [5, 5.41) is 3.53. The van der Waals surface area contributed by atoms with Gasteiger partial charge in [0.05, 0.1) is 5.54 Å². The lowest BCUT2D eigenvalue weighted by molar-refractivity contribution is 0.527. The van der Waals surface area contributed by atoms with E-state index in [-0.39, 0.29) is 0 Å². The Morgan fingerprint density at radius 3 is 1.59 bits per heavy atom. The van der Waals surface area contributed by atoms with E-state index in [1.807, 2.05) is 37.4 Å². The molecule has 0 fully saturated rings. The zero-order chi connectivity index (χ0) is 15.4. The molecule has 22 heavy (non-hydrogen) atoms. The zero-order valence-electron chi connectivity index (χ0n) is 12.7. The van der Waals surface area contributed by atoms with Crippen LogP contribution < -0.4 is 11.1 Å². The molecule has 2 heteroatoms. The number of rotatable bonds is 4. The van der Waals surface area contributed by atoms with E-state index in [0.717, 1.165) is 11.3 Å².